The lowest BCUT2D eigenvalue weighted by Gasteiger charge is -2.09. The Bertz CT molecular complexity index is 1030. The van der Waals surface area contributed by atoms with Crippen LogP contribution in [0.25, 0.3) is 17.0 Å². The number of rotatable bonds is 3. The van der Waals surface area contributed by atoms with Crippen molar-refractivity contribution in [2.24, 2.45) is 0 Å². The Labute approximate surface area is 146 Å². The maximum Gasteiger partial charge on any atom is 0.201 e. The van der Waals surface area contributed by atoms with Gasteiger partial charge in [0.25, 0.3) is 0 Å². The van der Waals surface area contributed by atoms with Crippen LogP contribution in [0, 0.1) is 5.82 Å². The predicted molar refractivity (Wildman–Crippen MR) is 93.3 cm³/mol. The molecule has 1 aromatic heterocycles. The molecule has 0 fully saturated rings. The van der Waals surface area contributed by atoms with Crippen molar-refractivity contribution >= 4 is 28.9 Å². The molecule has 0 saturated heterocycles. The Morgan fingerprint density at radius 3 is 2.36 bits per heavy atom. The van der Waals surface area contributed by atoms with Crippen LogP contribution in [-0.4, -0.2) is 31.9 Å². The lowest BCUT2D eigenvalue weighted by molar-refractivity contribution is 0.105. The highest BCUT2D eigenvalue weighted by Gasteiger charge is 2.34. The second-order valence-corrected chi connectivity index (χ2v) is 6.19. The summed E-state index contributed by atoms with van der Waals surface area (Å²) in [5, 5.41) is 19.3. The van der Waals surface area contributed by atoms with Gasteiger partial charge >= 0.3 is 0 Å². The highest BCUT2D eigenvalue weighted by molar-refractivity contribution is 7.98. The molecule has 5 nitrogen and oxygen atoms in total. The highest BCUT2D eigenvalue weighted by atomic mass is 32.2. The van der Waals surface area contributed by atoms with E-state index in [-0.39, 0.29) is 28.8 Å². The van der Waals surface area contributed by atoms with E-state index in [9.17, 15) is 14.3 Å². The summed E-state index contributed by atoms with van der Waals surface area (Å²) in [4.78, 5) is 12.8. The van der Waals surface area contributed by atoms with E-state index < -0.39 is 0 Å². The standard InChI is InChI=1S/C18H12FN3O2S/c1-25-18-21-20-17(22(18)11-8-6-10(19)7-9-11)14-15(23)12-4-2-3-5-13(12)16(14)24/h2-9,23H,1H3. The van der Waals surface area contributed by atoms with Gasteiger partial charge in [-0.25, -0.2) is 4.39 Å². The zero-order chi connectivity index (χ0) is 17.6. The van der Waals surface area contributed by atoms with Crippen LogP contribution in [0.15, 0.2) is 53.7 Å². The first-order valence-corrected chi connectivity index (χ1v) is 8.67. The number of thioether (sulfide) groups is 1. The maximum absolute atomic E-state index is 13.3. The van der Waals surface area contributed by atoms with Gasteiger partial charge in [-0.15, -0.1) is 10.2 Å². The highest BCUT2D eigenvalue weighted by Crippen LogP contribution is 2.37. The van der Waals surface area contributed by atoms with E-state index in [2.05, 4.69) is 10.2 Å². The minimum atomic E-state index is -0.365. The second-order valence-electron chi connectivity index (χ2n) is 5.42. The molecule has 0 unspecified atom stereocenters. The maximum atomic E-state index is 13.3. The zero-order valence-corrected chi connectivity index (χ0v) is 13.9. The molecule has 1 aliphatic carbocycles. The minimum Gasteiger partial charge on any atom is -0.506 e. The summed E-state index contributed by atoms with van der Waals surface area (Å²) >= 11 is 1.34. The molecule has 1 N–H and O–H groups in total. The number of ketones is 1. The van der Waals surface area contributed by atoms with Crippen LogP contribution in [-0.2, 0) is 0 Å². The number of hydrogen-bond acceptors (Lipinski definition) is 5. The lowest BCUT2D eigenvalue weighted by Crippen LogP contribution is -2.07. The van der Waals surface area contributed by atoms with Gasteiger partial charge in [0.15, 0.2) is 11.0 Å². The zero-order valence-electron chi connectivity index (χ0n) is 13.1. The van der Waals surface area contributed by atoms with Gasteiger partial charge in [-0.2, -0.15) is 0 Å². The predicted octanol–water partition coefficient (Wildman–Crippen LogP) is 3.75. The fraction of sp³-hybridized carbons (Fsp3) is 0.0556. The van der Waals surface area contributed by atoms with Crippen LogP contribution in [0.3, 0.4) is 0 Å². The third-order valence-electron chi connectivity index (χ3n) is 4.02. The molecule has 0 spiro atoms. The molecular formula is C18H12FN3O2S. The van der Waals surface area contributed by atoms with Gasteiger partial charge in [0.1, 0.15) is 17.1 Å². The van der Waals surface area contributed by atoms with E-state index >= 15 is 0 Å². The van der Waals surface area contributed by atoms with Crippen molar-refractivity contribution in [3.8, 4) is 5.69 Å². The number of carbonyl (C=O) groups excluding carboxylic acids is 1. The quantitative estimate of drug-likeness (QED) is 0.726. The van der Waals surface area contributed by atoms with E-state index in [1.807, 2.05) is 6.26 Å². The van der Waals surface area contributed by atoms with Crippen LogP contribution < -0.4 is 0 Å². The van der Waals surface area contributed by atoms with Gasteiger partial charge < -0.3 is 5.11 Å². The second kappa shape index (κ2) is 5.86. The first kappa shape index (κ1) is 15.6. The summed E-state index contributed by atoms with van der Waals surface area (Å²) in [5.74, 6) is -0.564. The summed E-state index contributed by atoms with van der Waals surface area (Å²) in [6.07, 6.45) is 1.83. The molecule has 0 saturated carbocycles. The van der Waals surface area contributed by atoms with Crippen molar-refractivity contribution in [1.82, 2.24) is 14.8 Å². The first-order chi connectivity index (χ1) is 12.1. The van der Waals surface area contributed by atoms with Crippen LogP contribution in [0.5, 0.6) is 0 Å². The summed E-state index contributed by atoms with van der Waals surface area (Å²) < 4.78 is 14.9. The molecule has 0 bridgehead atoms. The van der Waals surface area contributed by atoms with E-state index in [4.69, 9.17) is 0 Å². The van der Waals surface area contributed by atoms with E-state index in [1.165, 1.54) is 23.9 Å². The summed E-state index contributed by atoms with van der Waals surface area (Å²) in [5.41, 5.74) is 1.60. The SMILES string of the molecule is CSc1nnc(C2=C(O)c3ccccc3C2=O)n1-c1ccc(F)cc1. The molecule has 0 radical (unpaired) electrons. The minimum absolute atomic E-state index is 0.0957. The largest absolute Gasteiger partial charge is 0.506 e. The van der Waals surface area contributed by atoms with Crippen LogP contribution in [0.4, 0.5) is 4.39 Å². The van der Waals surface area contributed by atoms with E-state index in [1.54, 1.807) is 41.0 Å². The van der Waals surface area contributed by atoms with Crippen molar-refractivity contribution in [2.45, 2.75) is 5.16 Å². The molecular weight excluding hydrogens is 341 g/mol. The molecule has 1 heterocycles. The number of aliphatic hydroxyl groups is 1. The average molecular weight is 353 g/mol. The number of halogens is 1. The number of fused-ring (bicyclic) bond motifs is 1. The Balaban J connectivity index is 1.94. The molecule has 0 amide bonds. The molecule has 1 aliphatic rings. The van der Waals surface area contributed by atoms with Gasteiger partial charge in [-0.3, -0.25) is 9.36 Å². The van der Waals surface area contributed by atoms with Crippen molar-refractivity contribution < 1.29 is 14.3 Å². The molecule has 4 rings (SSSR count). The van der Waals surface area contributed by atoms with E-state index in [0.717, 1.165) is 0 Å². The monoisotopic (exact) mass is 353 g/mol. The molecule has 124 valence electrons. The van der Waals surface area contributed by atoms with Crippen LogP contribution in [0.2, 0.25) is 0 Å². The van der Waals surface area contributed by atoms with Crippen molar-refractivity contribution in [2.75, 3.05) is 6.26 Å². The van der Waals surface area contributed by atoms with Gasteiger partial charge in [-0.1, -0.05) is 36.0 Å². The molecule has 3 aromatic rings. The smallest absolute Gasteiger partial charge is 0.201 e. The van der Waals surface area contributed by atoms with Crippen molar-refractivity contribution in [1.29, 1.82) is 0 Å². The number of allylic oxidation sites excluding steroid dienone is 1. The van der Waals surface area contributed by atoms with Crippen LogP contribution in [0.1, 0.15) is 21.7 Å². The Kier molecular flexibility index (Phi) is 3.65. The summed E-state index contributed by atoms with van der Waals surface area (Å²) in [6, 6.07) is 12.6. The number of hydrogen-bond donors (Lipinski definition) is 1. The van der Waals surface area contributed by atoms with Crippen molar-refractivity contribution in [3.63, 3.8) is 0 Å². The first-order valence-electron chi connectivity index (χ1n) is 7.45. The topological polar surface area (TPSA) is 68.0 Å². The number of Topliss-reactive ketones (excluding diaryl/α,β-unsaturated/α-hetero) is 1. The third kappa shape index (κ3) is 2.35. The van der Waals surface area contributed by atoms with Gasteiger partial charge in [0, 0.05) is 16.8 Å². The average Bonchev–Trinajstić information content (AvgIpc) is 3.15. The summed E-state index contributed by atoms with van der Waals surface area (Å²) in [6.45, 7) is 0. The number of nitrogens with zero attached hydrogens (tertiary/aromatic N) is 3. The molecule has 7 heteroatoms. The van der Waals surface area contributed by atoms with Crippen LogP contribution >= 0.6 is 11.8 Å². The Morgan fingerprint density at radius 2 is 1.72 bits per heavy atom. The number of aromatic nitrogens is 3. The van der Waals surface area contributed by atoms with Gasteiger partial charge in [0.05, 0.1) is 0 Å². The normalized spacial score (nSPS) is 13.4. The number of carbonyl (C=O) groups is 1. The van der Waals surface area contributed by atoms with Gasteiger partial charge in [-0.05, 0) is 30.5 Å². The Morgan fingerprint density at radius 1 is 1.04 bits per heavy atom. The molecule has 0 atom stereocenters. The number of benzene rings is 2. The van der Waals surface area contributed by atoms with E-state index in [0.29, 0.717) is 22.0 Å². The summed E-state index contributed by atoms with van der Waals surface area (Å²) in [7, 11) is 0. The van der Waals surface area contributed by atoms with Gasteiger partial charge in [0.2, 0.25) is 5.78 Å². The Hall–Kier alpha value is -2.93. The molecule has 0 aliphatic heterocycles. The number of aliphatic hydroxyl groups excluding tert-OH is 1. The molecule has 25 heavy (non-hydrogen) atoms. The van der Waals surface area contributed by atoms with Crippen molar-refractivity contribution in [3.05, 3.63) is 71.3 Å². The third-order valence-corrected chi connectivity index (χ3v) is 4.64. The fourth-order valence-corrected chi connectivity index (χ4v) is 3.36. The lowest BCUT2D eigenvalue weighted by atomic mass is 10.1. The fourth-order valence-electron chi connectivity index (χ4n) is 2.86. The molecule has 2 aromatic carbocycles.